The number of nitrogens with zero attached hydrogens (tertiary/aromatic N) is 1. The fraction of sp³-hybridized carbons (Fsp3) is 0.636. The van der Waals surface area contributed by atoms with Crippen LogP contribution in [-0.4, -0.2) is 40.6 Å². The van der Waals surface area contributed by atoms with Crippen molar-refractivity contribution in [3.8, 4) is 6.07 Å². The van der Waals surface area contributed by atoms with Gasteiger partial charge in [0.1, 0.15) is 6.29 Å². The van der Waals surface area contributed by atoms with E-state index in [-0.39, 0.29) is 19.3 Å². The molecule has 1 unspecified atom stereocenters. The third-order valence-corrected chi connectivity index (χ3v) is 1.83. The quantitative estimate of drug-likeness (QED) is 0.488. The molecule has 1 atom stereocenters. The van der Waals surface area contributed by atoms with Gasteiger partial charge in [-0.25, -0.2) is 4.79 Å². The van der Waals surface area contributed by atoms with Crippen molar-refractivity contribution in [3.05, 3.63) is 0 Å². The molecule has 18 heavy (non-hydrogen) atoms. The number of aldehydes is 1. The lowest BCUT2D eigenvalue weighted by atomic mass is 9.96. The first-order valence-corrected chi connectivity index (χ1v) is 5.38. The number of ether oxygens (including phenoxy) is 1. The van der Waals surface area contributed by atoms with Crippen LogP contribution in [0.1, 0.15) is 33.1 Å². The van der Waals surface area contributed by atoms with Crippen LogP contribution in [0.4, 0.5) is 0 Å². The molecular formula is C11H17NO6. The van der Waals surface area contributed by atoms with Gasteiger partial charge in [0, 0.05) is 6.42 Å². The van der Waals surface area contributed by atoms with E-state index in [0.717, 1.165) is 0 Å². The van der Waals surface area contributed by atoms with Gasteiger partial charge in [0.25, 0.3) is 0 Å². The minimum absolute atomic E-state index is 0.0759. The van der Waals surface area contributed by atoms with Gasteiger partial charge in [-0.3, -0.25) is 4.79 Å². The molecule has 0 aromatic rings. The first-order chi connectivity index (χ1) is 8.48. The zero-order valence-corrected chi connectivity index (χ0v) is 10.4. The summed E-state index contributed by atoms with van der Waals surface area (Å²) >= 11 is 0. The molecule has 0 spiro atoms. The van der Waals surface area contributed by atoms with E-state index in [1.165, 1.54) is 0 Å². The molecule has 0 fully saturated rings. The van der Waals surface area contributed by atoms with Crippen LogP contribution in [0.15, 0.2) is 0 Å². The van der Waals surface area contributed by atoms with E-state index >= 15 is 0 Å². The largest absolute Gasteiger partial charge is 0.481 e. The normalized spacial score (nSPS) is 12.3. The first kappa shape index (κ1) is 18.4. The van der Waals surface area contributed by atoms with Gasteiger partial charge in [-0.2, -0.15) is 5.26 Å². The van der Waals surface area contributed by atoms with Gasteiger partial charge >= 0.3 is 11.9 Å². The second kappa shape index (κ2) is 10.2. The third kappa shape index (κ3) is 6.60. The van der Waals surface area contributed by atoms with Crippen LogP contribution >= 0.6 is 0 Å². The van der Waals surface area contributed by atoms with E-state index < -0.39 is 30.4 Å². The zero-order valence-electron chi connectivity index (χ0n) is 10.4. The maximum absolute atomic E-state index is 10.9. The minimum Gasteiger partial charge on any atom is -0.481 e. The molecule has 7 nitrogen and oxygen atoms in total. The number of aliphatic carboxylic acids is 2. The van der Waals surface area contributed by atoms with Crippen molar-refractivity contribution in [3.63, 3.8) is 0 Å². The summed E-state index contributed by atoms with van der Waals surface area (Å²) in [6.07, 6.45) is -1.19. The van der Waals surface area contributed by atoms with Gasteiger partial charge in [0.15, 0.2) is 5.60 Å². The van der Waals surface area contributed by atoms with Gasteiger partial charge in [-0.15, -0.1) is 0 Å². The Kier molecular flexibility index (Phi) is 10.5. The first-order valence-electron chi connectivity index (χ1n) is 5.38. The number of carbonyl (C=O) groups is 3. The molecule has 0 aromatic carbocycles. The maximum Gasteiger partial charge on any atom is 0.337 e. The molecular weight excluding hydrogens is 242 g/mol. The molecule has 0 heterocycles. The van der Waals surface area contributed by atoms with Gasteiger partial charge in [0.05, 0.1) is 25.5 Å². The highest BCUT2D eigenvalue weighted by molar-refractivity contribution is 5.86. The van der Waals surface area contributed by atoms with Crippen molar-refractivity contribution in [2.45, 2.75) is 38.7 Å². The molecule has 0 aliphatic heterocycles. The Hall–Kier alpha value is -1.94. The average molecular weight is 259 g/mol. The van der Waals surface area contributed by atoms with Crippen LogP contribution in [0.5, 0.6) is 0 Å². The fourth-order valence-corrected chi connectivity index (χ4v) is 1.08. The summed E-state index contributed by atoms with van der Waals surface area (Å²) in [5.74, 6) is -2.92. The van der Waals surface area contributed by atoms with E-state index in [4.69, 9.17) is 20.2 Å². The molecule has 0 saturated heterocycles. The van der Waals surface area contributed by atoms with Crippen molar-refractivity contribution in [1.82, 2.24) is 0 Å². The van der Waals surface area contributed by atoms with Gasteiger partial charge in [-0.1, -0.05) is 13.8 Å². The number of carboxylic acids is 2. The summed E-state index contributed by atoms with van der Waals surface area (Å²) in [7, 11) is 0. The predicted octanol–water partition coefficient (Wildman–Crippen LogP) is 0.830. The molecule has 0 bridgehead atoms. The number of nitriles is 1. The number of hydrogen-bond donors (Lipinski definition) is 2. The highest BCUT2D eigenvalue weighted by Gasteiger charge is 2.41. The van der Waals surface area contributed by atoms with E-state index in [1.807, 2.05) is 13.8 Å². The summed E-state index contributed by atoms with van der Waals surface area (Å²) < 4.78 is 4.85. The Morgan fingerprint density at radius 2 is 1.94 bits per heavy atom. The summed E-state index contributed by atoms with van der Waals surface area (Å²) in [4.78, 5) is 31.8. The summed E-state index contributed by atoms with van der Waals surface area (Å²) in [5.41, 5.74) is -2.08. The van der Waals surface area contributed by atoms with Crippen molar-refractivity contribution >= 4 is 18.2 Å². The molecule has 2 N–H and O–H groups in total. The molecule has 0 aromatic heterocycles. The smallest absolute Gasteiger partial charge is 0.337 e. The summed E-state index contributed by atoms with van der Waals surface area (Å²) in [6, 6.07) is 1.72. The third-order valence-electron chi connectivity index (χ3n) is 1.83. The average Bonchev–Trinajstić information content (AvgIpc) is 2.31. The van der Waals surface area contributed by atoms with Crippen molar-refractivity contribution in [2.24, 2.45) is 0 Å². The Bertz CT molecular complexity index is 322. The Morgan fingerprint density at radius 1 is 1.39 bits per heavy atom. The van der Waals surface area contributed by atoms with Crippen LogP contribution in [0, 0.1) is 11.3 Å². The van der Waals surface area contributed by atoms with Gasteiger partial charge in [-0.05, 0) is 0 Å². The molecule has 102 valence electrons. The molecule has 0 aliphatic rings. The molecule has 0 rings (SSSR count). The molecule has 0 aliphatic carbocycles. The lowest BCUT2D eigenvalue weighted by molar-refractivity contribution is -0.174. The van der Waals surface area contributed by atoms with Crippen molar-refractivity contribution in [2.75, 3.05) is 6.61 Å². The lowest BCUT2D eigenvalue weighted by Crippen LogP contribution is -2.44. The second-order valence-electron chi connectivity index (χ2n) is 3.00. The van der Waals surface area contributed by atoms with E-state index in [1.54, 1.807) is 6.07 Å². The zero-order chi connectivity index (χ0) is 14.6. The summed E-state index contributed by atoms with van der Waals surface area (Å²) in [5, 5.41) is 25.7. The van der Waals surface area contributed by atoms with Crippen molar-refractivity contribution in [1.29, 1.82) is 5.26 Å². The lowest BCUT2D eigenvalue weighted by Gasteiger charge is -2.25. The van der Waals surface area contributed by atoms with Gasteiger partial charge < -0.3 is 19.7 Å². The van der Waals surface area contributed by atoms with Crippen LogP contribution in [0.3, 0.4) is 0 Å². The highest BCUT2D eigenvalue weighted by Crippen LogP contribution is 2.21. The van der Waals surface area contributed by atoms with Crippen LogP contribution < -0.4 is 0 Å². The van der Waals surface area contributed by atoms with E-state index in [2.05, 4.69) is 0 Å². The minimum atomic E-state index is -2.08. The molecule has 0 amide bonds. The number of carboxylic acid groups (broad SMARTS) is 2. The second-order valence-corrected chi connectivity index (χ2v) is 3.00. The molecule has 7 heteroatoms. The van der Waals surface area contributed by atoms with Crippen LogP contribution in [0.25, 0.3) is 0 Å². The highest BCUT2D eigenvalue weighted by atomic mass is 16.5. The van der Waals surface area contributed by atoms with E-state index in [0.29, 0.717) is 0 Å². The number of rotatable bonds is 8. The maximum atomic E-state index is 10.9. The van der Waals surface area contributed by atoms with Crippen LogP contribution in [0.2, 0.25) is 0 Å². The Balaban J connectivity index is 0. The van der Waals surface area contributed by atoms with Crippen molar-refractivity contribution < 1.29 is 29.3 Å². The SMILES string of the molecule is CC.N#CCCOC(CC=O)(CC(=O)O)C(=O)O. The van der Waals surface area contributed by atoms with E-state index in [9.17, 15) is 14.4 Å². The predicted molar refractivity (Wildman–Crippen MR) is 60.8 cm³/mol. The van der Waals surface area contributed by atoms with Gasteiger partial charge in [0.2, 0.25) is 0 Å². The Morgan fingerprint density at radius 3 is 2.28 bits per heavy atom. The summed E-state index contributed by atoms with van der Waals surface area (Å²) in [6.45, 7) is 3.77. The topological polar surface area (TPSA) is 125 Å². The number of carbonyl (C=O) groups excluding carboxylic acids is 1. The Labute approximate surface area is 105 Å². The number of hydrogen-bond acceptors (Lipinski definition) is 5. The molecule has 0 saturated carbocycles. The molecule has 0 radical (unpaired) electrons. The van der Waals surface area contributed by atoms with Crippen LogP contribution in [-0.2, 0) is 19.1 Å². The fourth-order valence-electron chi connectivity index (χ4n) is 1.08. The standard InChI is InChI=1S/C9H11NO6.C2H6/c10-3-1-5-16-9(2-4-11,8(14)15)6-7(12)13;1-2/h4H,1-2,5-6H2,(H,12,13)(H,14,15);1-2H3. The monoisotopic (exact) mass is 259 g/mol.